The van der Waals surface area contributed by atoms with Crippen LogP contribution in [0.3, 0.4) is 0 Å². The van der Waals surface area contributed by atoms with Gasteiger partial charge in [0.1, 0.15) is 0 Å². The zero-order valence-electron chi connectivity index (χ0n) is 12.4. The molecular formula is C16H18BrN3OS. The van der Waals surface area contributed by atoms with E-state index >= 15 is 0 Å². The van der Waals surface area contributed by atoms with Crippen LogP contribution < -0.4 is 10.6 Å². The van der Waals surface area contributed by atoms with Gasteiger partial charge in [-0.25, -0.2) is 4.98 Å². The molecule has 1 atom stereocenters. The highest BCUT2D eigenvalue weighted by molar-refractivity contribution is 9.10. The van der Waals surface area contributed by atoms with Gasteiger partial charge >= 0.3 is 0 Å². The molecule has 2 heterocycles. The Bertz CT molecular complexity index is 663. The Labute approximate surface area is 142 Å². The van der Waals surface area contributed by atoms with E-state index in [9.17, 15) is 4.79 Å². The van der Waals surface area contributed by atoms with Crippen LogP contribution >= 0.6 is 27.3 Å². The van der Waals surface area contributed by atoms with Crippen LogP contribution in [0.15, 0.2) is 28.7 Å². The lowest BCUT2D eigenvalue weighted by Gasteiger charge is -2.21. The van der Waals surface area contributed by atoms with Crippen molar-refractivity contribution in [1.82, 2.24) is 10.3 Å². The van der Waals surface area contributed by atoms with E-state index in [1.807, 2.05) is 31.2 Å². The highest BCUT2D eigenvalue weighted by Gasteiger charge is 2.22. The molecule has 1 aromatic carbocycles. The summed E-state index contributed by atoms with van der Waals surface area (Å²) in [6.45, 7) is 3.80. The van der Waals surface area contributed by atoms with Crippen molar-refractivity contribution in [3.8, 4) is 11.3 Å². The molecule has 2 aromatic rings. The van der Waals surface area contributed by atoms with Crippen molar-refractivity contribution in [2.75, 3.05) is 18.4 Å². The van der Waals surface area contributed by atoms with Crippen molar-refractivity contribution >= 4 is 38.3 Å². The van der Waals surface area contributed by atoms with Crippen LogP contribution in [0.1, 0.15) is 17.7 Å². The largest absolute Gasteiger partial charge is 0.316 e. The van der Waals surface area contributed by atoms with Gasteiger partial charge in [0, 0.05) is 21.5 Å². The van der Waals surface area contributed by atoms with Crippen LogP contribution in [0, 0.1) is 12.8 Å². The number of amides is 1. The summed E-state index contributed by atoms with van der Waals surface area (Å²) in [6, 6.07) is 8.06. The molecule has 4 nitrogen and oxygen atoms in total. The van der Waals surface area contributed by atoms with Crippen molar-refractivity contribution in [1.29, 1.82) is 0 Å². The monoisotopic (exact) mass is 379 g/mol. The van der Waals surface area contributed by atoms with E-state index in [0.29, 0.717) is 5.13 Å². The van der Waals surface area contributed by atoms with Crippen LogP contribution in [0.5, 0.6) is 0 Å². The van der Waals surface area contributed by atoms with Gasteiger partial charge in [-0.05, 0) is 38.4 Å². The normalized spacial score (nSPS) is 18.2. The number of nitrogens with zero attached hydrogens (tertiary/aromatic N) is 1. The van der Waals surface area contributed by atoms with Crippen molar-refractivity contribution in [2.45, 2.75) is 19.8 Å². The Hall–Kier alpha value is -1.24. The van der Waals surface area contributed by atoms with Crippen molar-refractivity contribution in [3.63, 3.8) is 0 Å². The molecule has 0 spiro atoms. The van der Waals surface area contributed by atoms with Crippen LogP contribution in [0.2, 0.25) is 0 Å². The second-order valence-electron chi connectivity index (χ2n) is 5.46. The SMILES string of the molecule is Cc1sc(NC(=O)C2CCCNC2)nc1-c1ccc(Br)cc1. The van der Waals surface area contributed by atoms with Gasteiger partial charge in [0.25, 0.3) is 0 Å². The minimum Gasteiger partial charge on any atom is -0.316 e. The van der Waals surface area contributed by atoms with E-state index in [1.54, 1.807) is 0 Å². The van der Waals surface area contributed by atoms with E-state index in [2.05, 4.69) is 31.5 Å². The van der Waals surface area contributed by atoms with E-state index in [0.717, 1.165) is 46.5 Å². The fourth-order valence-corrected chi connectivity index (χ4v) is 3.71. The fourth-order valence-electron chi connectivity index (χ4n) is 2.61. The van der Waals surface area contributed by atoms with E-state index in [1.165, 1.54) is 11.3 Å². The standard InChI is InChI=1S/C16H18BrN3OS/c1-10-14(11-4-6-13(17)7-5-11)19-16(22-10)20-15(21)12-3-2-8-18-9-12/h4-7,12,18H,2-3,8-9H2,1H3,(H,19,20,21). The summed E-state index contributed by atoms with van der Waals surface area (Å²) in [7, 11) is 0. The summed E-state index contributed by atoms with van der Waals surface area (Å²) < 4.78 is 1.04. The molecule has 3 rings (SSSR count). The summed E-state index contributed by atoms with van der Waals surface area (Å²) in [5.74, 6) is 0.123. The molecule has 1 unspecified atom stereocenters. The number of aromatic nitrogens is 1. The predicted octanol–water partition coefficient (Wildman–Crippen LogP) is 3.82. The Kier molecular flexibility index (Phi) is 4.90. The van der Waals surface area contributed by atoms with Crippen molar-refractivity contribution in [2.24, 2.45) is 5.92 Å². The molecule has 6 heteroatoms. The molecule has 22 heavy (non-hydrogen) atoms. The van der Waals surface area contributed by atoms with Gasteiger partial charge in [-0.15, -0.1) is 11.3 Å². The molecule has 0 saturated carbocycles. The molecule has 2 N–H and O–H groups in total. The molecule has 1 aliphatic rings. The highest BCUT2D eigenvalue weighted by Crippen LogP contribution is 2.31. The van der Waals surface area contributed by atoms with Gasteiger partial charge in [0.15, 0.2) is 5.13 Å². The van der Waals surface area contributed by atoms with E-state index < -0.39 is 0 Å². The maximum Gasteiger partial charge on any atom is 0.230 e. The van der Waals surface area contributed by atoms with Gasteiger partial charge in [-0.1, -0.05) is 28.1 Å². The van der Waals surface area contributed by atoms with Gasteiger partial charge < -0.3 is 10.6 Å². The minimum absolute atomic E-state index is 0.0501. The Morgan fingerprint density at radius 2 is 2.18 bits per heavy atom. The number of carbonyl (C=O) groups excluding carboxylic acids is 1. The number of carbonyl (C=O) groups is 1. The third-order valence-electron chi connectivity index (χ3n) is 3.81. The zero-order chi connectivity index (χ0) is 15.5. The fraction of sp³-hybridized carbons (Fsp3) is 0.375. The van der Waals surface area contributed by atoms with E-state index in [4.69, 9.17) is 0 Å². The Morgan fingerprint density at radius 1 is 1.41 bits per heavy atom. The predicted molar refractivity (Wildman–Crippen MR) is 94.2 cm³/mol. The first-order valence-electron chi connectivity index (χ1n) is 7.38. The molecule has 1 fully saturated rings. The lowest BCUT2D eigenvalue weighted by Crippen LogP contribution is -2.37. The minimum atomic E-state index is 0.0501. The quantitative estimate of drug-likeness (QED) is 0.851. The third-order valence-corrected chi connectivity index (χ3v) is 5.23. The average Bonchev–Trinajstić information content (AvgIpc) is 2.89. The molecule has 1 aliphatic heterocycles. The number of anilines is 1. The molecule has 1 aromatic heterocycles. The first kappa shape index (κ1) is 15.6. The number of hydrogen-bond donors (Lipinski definition) is 2. The number of nitrogens with one attached hydrogen (secondary N) is 2. The van der Waals surface area contributed by atoms with Crippen LogP contribution in [-0.2, 0) is 4.79 Å². The van der Waals surface area contributed by atoms with Crippen molar-refractivity contribution in [3.05, 3.63) is 33.6 Å². The lowest BCUT2D eigenvalue weighted by molar-refractivity contribution is -0.120. The summed E-state index contributed by atoms with van der Waals surface area (Å²) >= 11 is 4.97. The number of halogens is 1. The van der Waals surface area contributed by atoms with Gasteiger partial charge in [-0.2, -0.15) is 0 Å². The van der Waals surface area contributed by atoms with Crippen LogP contribution in [0.25, 0.3) is 11.3 Å². The first-order chi connectivity index (χ1) is 10.6. The van der Waals surface area contributed by atoms with E-state index in [-0.39, 0.29) is 11.8 Å². The summed E-state index contributed by atoms with van der Waals surface area (Å²) in [5.41, 5.74) is 2.01. The smallest absolute Gasteiger partial charge is 0.230 e. The van der Waals surface area contributed by atoms with Gasteiger partial charge in [0.2, 0.25) is 5.91 Å². The summed E-state index contributed by atoms with van der Waals surface area (Å²) in [5, 5.41) is 6.93. The Balaban J connectivity index is 1.74. The van der Waals surface area contributed by atoms with Crippen molar-refractivity contribution < 1.29 is 4.79 Å². The second kappa shape index (κ2) is 6.89. The molecule has 1 amide bonds. The summed E-state index contributed by atoms with van der Waals surface area (Å²) in [6.07, 6.45) is 2.00. The lowest BCUT2D eigenvalue weighted by atomic mass is 9.99. The van der Waals surface area contributed by atoms with Crippen LogP contribution in [0.4, 0.5) is 5.13 Å². The number of aryl methyl sites for hydroxylation is 1. The molecule has 0 bridgehead atoms. The number of piperidine rings is 1. The molecule has 0 aliphatic carbocycles. The molecule has 1 saturated heterocycles. The average molecular weight is 380 g/mol. The number of hydrogen-bond acceptors (Lipinski definition) is 4. The molecule has 0 radical (unpaired) electrons. The highest BCUT2D eigenvalue weighted by atomic mass is 79.9. The third kappa shape index (κ3) is 3.56. The Morgan fingerprint density at radius 3 is 2.86 bits per heavy atom. The second-order valence-corrected chi connectivity index (χ2v) is 7.58. The van der Waals surface area contributed by atoms with Gasteiger partial charge in [0.05, 0.1) is 11.6 Å². The number of benzene rings is 1. The zero-order valence-corrected chi connectivity index (χ0v) is 14.8. The number of rotatable bonds is 3. The number of thiazole rings is 1. The topological polar surface area (TPSA) is 54.0 Å². The molecular weight excluding hydrogens is 362 g/mol. The maximum absolute atomic E-state index is 12.3. The maximum atomic E-state index is 12.3. The first-order valence-corrected chi connectivity index (χ1v) is 8.99. The van der Waals surface area contributed by atoms with Gasteiger partial charge in [-0.3, -0.25) is 4.79 Å². The van der Waals surface area contributed by atoms with Crippen LogP contribution in [-0.4, -0.2) is 24.0 Å². The summed E-state index contributed by atoms with van der Waals surface area (Å²) in [4.78, 5) is 18.0. The molecule has 116 valence electrons.